The third-order valence-corrected chi connectivity index (χ3v) is 3.40. The van der Waals surface area contributed by atoms with Gasteiger partial charge in [0.1, 0.15) is 0 Å². The van der Waals surface area contributed by atoms with Crippen LogP contribution in [0, 0.1) is 0 Å². The predicted molar refractivity (Wildman–Crippen MR) is 75.0 cm³/mol. The molecule has 2 aromatic rings. The zero-order chi connectivity index (χ0) is 14.1. The van der Waals surface area contributed by atoms with Crippen LogP contribution < -0.4 is 5.32 Å². The number of nitrogens with one attached hydrogen (secondary N) is 1. The lowest BCUT2D eigenvalue weighted by molar-refractivity contribution is -0.115. The molecule has 2 N–H and O–H groups in total. The van der Waals surface area contributed by atoms with Crippen molar-refractivity contribution in [2.24, 2.45) is 0 Å². The lowest BCUT2D eigenvalue weighted by Crippen LogP contribution is -2.03. The topological polar surface area (TPSA) is 66.4 Å². The molecule has 1 aliphatic heterocycles. The van der Waals surface area contributed by atoms with Crippen LogP contribution in [0.15, 0.2) is 42.5 Å². The van der Waals surface area contributed by atoms with Crippen LogP contribution in [-0.2, 0) is 17.6 Å². The van der Waals surface area contributed by atoms with E-state index < -0.39 is 5.97 Å². The Balaban J connectivity index is 1.80. The molecular formula is C16H13NO3. The molecule has 0 unspecified atom stereocenters. The van der Waals surface area contributed by atoms with Crippen molar-refractivity contribution in [3.63, 3.8) is 0 Å². The van der Waals surface area contributed by atoms with E-state index >= 15 is 0 Å². The minimum absolute atomic E-state index is 0.0305. The Bertz CT molecular complexity index is 689. The van der Waals surface area contributed by atoms with Crippen LogP contribution in [0.1, 0.15) is 27.0 Å². The summed E-state index contributed by atoms with van der Waals surface area (Å²) < 4.78 is 0. The number of anilines is 1. The molecule has 0 bridgehead atoms. The molecule has 0 aromatic heterocycles. The number of carboxylic acid groups (broad SMARTS) is 1. The summed E-state index contributed by atoms with van der Waals surface area (Å²) in [6.45, 7) is 0. The van der Waals surface area contributed by atoms with Crippen molar-refractivity contribution in [2.75, 3.05) is 5.32 Å². The quantitative estimate of drug-likeness (QED) is 0.897. The zero-order valence-corrected chi connectivity index (χ0v) is 10.7. The summed E-state index contributed by atoms with van der Waals surface area (Å²) in [5, 5.41) is 11.7. The Morgan fingerprint density at radius 1 is 1.10 bits per heavy atom. The third kappa shape index (κ3) is 2.40. The first kappa shape index (κ1) is 12.4. The Morgan fingerprint density at radius 2 is 1.80 bits per heavy atom. The SMILES string of the molecule is O=C1Cc2cc(Cc3ccc(C(=O)O)cc3)ccc2N1. The largest absolute Gasteiger partial charge is 0.478 e. The standard InChI is InChI=1S/C16H13NO3/c18-15-9-13-8-11(3-6-14(13)17-15)7-10-1-4-12(5-2-10)16(19)20/h1-6,8H,7,9H2,(H,17,18)(H,19,20). The summed E-state index contributed by atoms with van der Waals surface area (Å²) in [4.78, 5) is 22.1. The number of hydrogen-bond acceptors (Lipinski definition) is 2. The van der Waals surface area contributed by atoms with Crippen LogP contribution in [0.4, 0.5) is 5.69 Å². The van der Waals surface area contributed by atoms with Gasteiger partial charge < -0.3 is 10.4 Å². The number of carboxylic acids is 1. The van der Waals surface area contributed by atoms with Gasteiger partial charge in [-0.15, -0.1) is 0 Å². The van der Waals surface area contributed by atoms with Crippen molar-refractivity contribution in [1.29, 1.82) is 0 Å². The Morgan fingerprint density at radius 3 is 2.50 bits per heavy atom. The molecule has 0 saturated heterocycles. The highest BCUT2D eigenvalue weighted by Gasteiger charge is 2.17. The van der Waals surface area contributed by atoms with Crippen LogP contribution in [0.5, 0.6) is 0 Å². The first-order valence-electron chi connectivity index (χ1n) is 6.36. The van der Waals surface area contributed by atoms with E-state index in [2.05, 4.69) is 5.32 Å². The summed E-state index contributed by atoms with van der Waals surface area (Å²) >= 11 is 0. The predicted octanol–water partition coefficient (Wildman–Crippen LogP) is 2.47. The van der Waals surface area contributed by atoms with Crippen molar-refractivity contribution in [3.05, 3.63) is 64.7 Å². The molecule has 4 nitrogen and oxygen atoms in total. The lowest BCUT2D eigenvalue weighted by Gasteiger charge is -2.05. The first-order chi connectivity index (χ1) is 9.61. The summed E-state index contributed by atoms with van der Waals surface area (Å²) in [5.41, 5.74) is 4.36. The molecule has 0 radical (unpaired) electrons. The van der Waals surface area contributed by atoms with E-state index in [1.54, 1.807) is 12.1 Å². The van der Waals surface area contributed by atoms with Gasteiger partial charge >= 0.3 is 5.97 Å². The van der Waals surface area contributed by atoms with Gasteiger partial charge in [0.05, 0.1) is 12.0 Å². The lowest BCUT2D eigenvalue weighted by atomic mass is 10.0. The number of hydrogen-bond donors (Lipinski definition) is 2. The van der Waals surface area contributed by atoms with Crippen molar-refractivity contribution < 1.29 is 14.7 Å². The Hall–Kier alpha value is -2.62. The number of benzene rings is 2. The van der Waals surface area contributed by atoms with E-state index in [-0.39, 0.29) is 11.5 Å². The summed E-state index contributed by atoms with van der Waals surface area (Å²) in [7, 11) is 0. The second-order valence-electron chi connectivity index (χ2n) is 4.90. The maximum atomic E-state index is 11.3. The first-order valence-corrected chi connectivity index (χ1v) is 6.36. The fourth-order valence-corrected chi connectivity index (χ4v) is 2.39. The number of aromatic carboxylic acids is 1. The minimum atomic E-state index is -0.918. The number of amides is 1. The fraction of sp³-hybridized carbons (Fsp3) is 0.125. The molecule has 0 fully saturated rings. The Labute approximate surface area is 116 Å². The molecule has 0 saturated carbocycles. The van der Waals surface area contributed by atoms with Gasteiger partial charge in [0, 0.05) is 5.69 Å². The van der Waals surface area contributed by atoms with Crippen molar-refractivity contribution in [3.8, 4) is 0 Å². The van der Waals surface area contributed by atoms with E-state index in [0.717, 1.165) is 28.8 Å². The van der Waals surface area contributed by atoms with Crippen LogP contribution in [0.3, 0.4) is 0 Å². The monoisotopic (exact) mass is 267 g/mol. The molecule has 3 rings (SSSR count). The minimum Gasteiger partial charge on any atom is -0.478 e. The van der Waals surface area contributed by atoms with E-state index in [1.165, 1.54) is 0 Å². The van der Waals surface area contributed by atoms with E-state index in [1.807, 2.05) is 30.3 Å². The van der Waals surface area contributed by atoms with Crippen LogP contribution in [0.2, 0.25) is 0 Å². The maximum absolute atomic E-state index is 11.3. The van der Waals surface area contributed by atoms with E-state index in [4.69, 9.17) is 5.11 Å². The average molecular weight is 267 g/mol. The van der Waals surface area contributed by atoms with E-state index in [0.29, 0.717) is 6.42 Å². The molecule has 0 atom stereocenters. The number of carbonyl (C=O) groups is 2. The highest BCUT2D eigenvalue weighted by Crippen LogP contribution is 2.25. The summed E-state index contributed by atoms with van der Waals surface area (Å²) in [6.07, 6.45) is 1.16. The van der Waals surface area contributed by atoms with Gasteiger partial charge in [-0.3, -0.25) is 4.79 Å². The maximum Gasteiger partial charge on any atom is 0.335 e. The highest BCUT2D eigenvalue weighted by atomic mass is 16.4. The van der Waals surface area contributed by atoms with Crippen LogP contribution in [0.25, 0.3) is 0 Å². The molecule has 1 aliphatic rings. The van der Waals surface area contributed by atoms with Gasteiger partial charge in [-0.2, -0.15) is 0 Å². The molecule has 0 spiro atoms. The average Bonchev–Trinajstić information content (AvgIpc) is 2.78. The molecule has 1 amide bonds. The van der Waals surface area contributed by atoms with Gasteiger partial charge in [0.15, 0.2) is 0 Å². The fourth-order valence-electron chi connectivity index (χ4n) is 2.39. The molecule has 2 aromatic carbocycles. The second kappa shape index (κ2) is 4.81. The molecule has 20 heavy (non-hydrogen) atoms. The third-order valence-electron chi connectivity index (χ3n) is 3.40. The summed E-state index contributed by atoms with van der Waals surface area (Å²) in [6, 6.07) is 12.8. The number of rotatable bonds is 3. The number of carbonyl (C=O) groups excluding carboxylic acids is 1. The normalized spacial score (nSPS) is 12.9. The molecule has 1 heterocycles. The Kier molecular flexibility index (Phi) is 2.99. The molecule has 100 valence electrons. The zero-order valence-electron chi connectivity index (χ0n) is 10.7. The summed E-state index contributed by atoms with van der Waals surface area (Å²) in [5.74, 6) is -0.887. The highest BCUT2D eigenvalue weighted by molar-refractivity contribution is 5.99. The van der Waals surface area contributed by atoms with Crippen molar-refractivity contribution in [2.45, 2.75) is 12.8 Å². The van der Waals surface area contributed by atoms with Gasteiger partial charge in [0.2, 0.25) is 5.91 Å². The second-order valence-corrected chi connectivity index (χ2v) is 4.90. The van der Waals surface area contributed by atoms with Gasteiger partial charge in [-0.1, -0.05) is 24.3 Å². The smallest absolute Gasteiger partial charge is 0.335 e. The van der Waals surface area contributed by atoms with Gasteiger partial charge in [-0.25, -0.2) is 4.79 Å². The molecule has 4 heteroatoms. The van der Waals surface area contributed by atoms with Gasteiger partial charge in [0.25, 0.3) is 0 Å². The van der Waals surface area contributed by atoms with Crippen LogP contribution in [-0.4, -0.2) is 17.0 Å². The van der Waals surface area contributed by atoms with Crippen molar-refractivity contribution in [1.82, 2.24) is 0 Å². The van der Waals surface area contributed by atoms with E-state index in [9.17, 15) is 9.59 Å². The molecular weight excluding hydrogens is 254 g/mol. The van der Waals surface area contributed by atoms with Crippen molar-refractivity contribution >= 4 is 17.6 Å². The number of fused-ring (bicyclic) bond motifs is 1. The van der Waals surface area contributed by atoms with Gasteiger partial charge in [-0.05, 0) is 41.3 Å². The van der Waals surface area contributed by atoms with Crippen LogP contribution >= 0.6 is 0 Å². The molecule has 0 aliphatic carbocycles.